The van der Waals surface area contributed by atoms with E-state index in [1.54, 1.807) is 22.6 Å². The highest BCUT2D eigenvalue weighted by molar-refractivity contribution is 14.1. The molecule has 0 spiro atoms. The molecular weight excluding hydrogens is 397 g/mol. The van der Waals surface area contributed by atoms with Gasteiger partial charge in [-0.2, -0.15) is 4.98 Å². The maximum atomic E-state index is 12.0. The highest BCUT2D eigenvalue weighted by atomic mass is 127. The van der Waals surface area contributed by atoms with E-state index in [-0.39, 0.29) is 9.13 Å². The van der Waals surface area contributed by atoms with Crippen LogP contribution in [-0.2, 0) is 9.05 Å². The van der Waals surface area contributed by atoms with Crippen molar-refractivity contribution in [2.45, 2.75) is 18.3 Å². The lowest BCUT2D eigenvalue weighted by Gasteiger charge is -2.10. The first kappa shape index (κ1) is 14.8. The fourth-order valence-electron chi connectivity index (χ4n) is 0.931. The van der Waals surface area contributed by atoms with E-state index in [9.17, 15) is 21.6 Å². The predicted octanol–water partition coefficient (Wildman–Crippen LogP) is 2.82. The van der Waals surface area contributed by atoms with Crippen molar-refractivity contribution in [2.24, 2.45) is 0 Å². The molecule has 0 bridgehead atoms. The summed E-state index contributed by atoms with van der Waals surface area (Å²) in [5.74, 6) is -0.866. The Morgan fingerprint density at radius 3 is 2.41 bits per heavy atom. The van der Waals surface area contributed by atoms with E-state index in [0.717, 1.165) is 6.07 Å². The van der Waals surface area contributed by atoms with Gasteiger partial charge >= 0.3 is 6.36 Å². The zero-order valence-electron chi connectivity index (χ0n) is 8.05. The van der Waals surface area contributed by atoms with Crippen LogP contribution in [0.2, 0.25) is 0 Å². The highest BCUT2D eigenvalue weighted by Crippen LogP contribution is 2.28. The van der Waals surface area contributed by atoms with Crippen molar-refractivity contribution in [3.63, 3.8) is 0 Å². The molecule has 1 rings (SSSR count). The van der Waals surface area contributed by atoms with Gasteiger partial charge in [0.2, 0.25) is 5.88 Å². The molecular formula is C7H4ClF3INO3S. The lowest BCUT2D eigenvalue weighted by atomic mass is 10.3. The summed E-state index contributed by atoms with van der Waals surface area (Å²) in [4.78, 5) is 3.22. The van der Waals surface area contributed by atoms with Crippen molar-refractivity contribution in [2.75, 3.05) is 0 Å². The third kappa shape index (κ3) is 4.14. The summed E-state index contributed by atoms with van der Waals surface area (Å²) in [6, 6.07) is 0.973. The minimum atomic E-state index is -4.94. The second kappa shape index (κ2) is 4.76. The molecule has 1 aromatic heterocycles. The minimum absolute atomic E-state index is 0.145. The number of aryl methyl sites for hydroxylation is 1. The summed E-state index contributed by atoms with van der Waals surface area (Å²) in [5, 5.41) is -0.654. The zero-order valence-corrected chi connectivity index (χ0v) is 11.8. The first-order chi connectivity index (χ1) is 7.50. The highest BCUT2D eigenvalue weighted by Gasteiger charge is 2.33. The molecule has 0 fully saturated rings. The van der Waals surface area contributed by atoms with Crippen molar-refractivity contribution in [3.05, 3.63) is 15.2 Å². The third-order valence-corrected chi connectivity index (χ3v) is 4.46. The van der Waals surface area contributed by atoms with Gasteiger partial charge in [0.25, 0.3) is 9.05 Å². The van der Waals surface area contributed by atoms with Gasteiger partial charge in [0.05, 0.1) is 3.57 Å². The molecule has 0 saturated heterocycles. The number of hydrogen-bond acceptors (Lipinski definition) is 4. The Morgan fingerprint density at radius 1 is 1.47 bits per heavy atom. The van der Waals surface area contributed by atoms with Gasteiger partial charge in [-0.05, 0) is 35.1 Å². The van der Waals surface area contributed by atoms with Crippen LogP contribution in [0.3, 0.4) is 0 Å². The van der Waals surface area contributed by atoms with E-state index in [2.05, 4.69) is 9.72 Å². The van der Waals surface area contributed by atoms with Gasteiger partial charge in [0.1, 0.15) is 0 Å². The largest absolute Gasteiger partial charge is 0.574 e. The summed E-state index contributed by atoms with van der Waals surface area (Å²) >= 11 is 1.62. The Kier molecular flexibility index (Phi) is 4.14. The van der Waals surface area contributed by atoms with Crippen molar-refractivity contribution >= 4 is 42.3 Å². The van der Waals surface area contributed by atoms with Crippen molar-refractivity contribution in [1.29, 1.82) is 0 Å². The van der Waals surface area contributed by atoms with Crippen LogP contribution in [0, 0.1) is 10.5 Å². The van der Waals surface area contributed by atoms with Crippen molar-refractivity contribution < 1.29 is 26.3 Å². The molecule has 96 valence electrons. The molecule has 0 unspecified atom stereocenters. The molecule has 0 radical (unpaired) electrons. The van der Waals surface area contributed by atoms with E-state index < -0.39 is 26.3 Å². The number of rotatable bonds is 2. The van der Waals surface area contributed by atoms with E-state index in [0.29, 0.717) is 0 Å². The lowest BCUT2D eigenvalue weighted by Crippen LogP contribution is -2.19. The Balaban J connectivity index is 3.35. The first-order valence-electron chi connectivity index (χ1n) is 3.88. The monoisotopic (exact) mass is 401 g/mol. The van der Waals surface area contributed by atoms with Gasteiger partial charge in [-0.1, -0.05) is 0 Å². The maximum absolute atomic E-state index is 12.0. The Morgan fingerprint density at radius 2 is 2.00 bits per heavy atom. The van der Waals surface area contributed by atoms with E-state index >= 15 is 0 Å². The molecule has 1 aromatic rings. The first-order valence-corrected chi connectivity index (χ1v) is 7.27. The average Bonchev–Trinajstić information content (AvgIpc) is 2.06. The molecule has 0 saturated carbocycles. The van der Waals surface area contributed by atoms with Gasteiger partial charge in [-0.15, -0.1) is 13.2 Å². The number of pyridine rings is 1. The molecule has 10 heteroatoms. The molecule has 0 aliphatic rings. The van der Waals surface area contributed by atoms with Crippen LogP contribution in [0.5, 0.6) is 5.88 Å². The smallest absolute Gasteiger partial charge is 0.388 e. The fraction of sp³-hybridized carbons (Fsp3) is 0.286. The summed E-state index contributed by atoms with van der Waals surface area (Å²) in [5.41, 5.74) is 0.263. The summed E-state index contributed by atoms with van der Waals surface area (Å²) in [7, 11) is 0.819. The van der Waals surface area contributed by atoms with E-state index in [4.69, 9.17) is 10.7 Å². The van der Waals surface area contributed by atoms with Gasteiger partial charge < -0.3 is 4.74 Å². The Bertz CT molecular complexity index is 546. The van der Waals surface area contributed by atoms with Crippen molar-refractivity contribution in [3.8, 4) is 5.88 Å². The predicted molar refractivity (Wildman–Crippen MR) is 61.4 cm³/mol. The van der Waals surface area contributed by atoms with Gasteiger partial charge in [-0.3, -0.25) is 0 Å². The van der Waals surface area contributed by atoms with Crippen LogP contribution < -0.4 is 4.74 Å². The standard InChI is InChI=1S/C7H4ClF3INO3S/c1-3-2-4(16-7(9,10)11)13-6(5(3)12)17(8,14)15/h2H,1H3. The second-order valence-corrected chi connectivity index (χ2v) is 6.44. The second-order valence-electron chi connectivity index (χ2n) is 2.88. The van der Waals surface area contributed by atoms with Gasteiger partial charge in [0, 0.05) is 16.7 Å². The average molecular weight is 402 g/mol. The molecule has 17 heavy (non-hydrogen) atoms. The summed E-state index contributed by atoms with van der Waals surface area (Å²) in [6.07, 6.45) is -4.94. The van der Waals surface area contributed by atoms with Crippen LogP contribution in [0.4, 0.5) is 13.2 Å². The van der Waals surface area contributed by atoms with E-state index in [1.807, 2.05) is 0 Å². The maximum Gasteiger partial charge on any atom is 0.574 e. The Hall–Kier alpha value is -0.290. The normalized spacial score (nSPS) is 12.6. The molecule has 0 atom stereocenters. The molecule has 4 nitrogen and oxygen atoms in total. The quantitative estimate of drug-likeness (QED) is 0.565. The molecule has 0 aromatic carbocycles. The number of aromatic nitrogens is 1. The SMILES string of the molecule is Cc1cc(OC(F)(F)F)nc(S(=O)(=O)Cl)c1I. The molecule has 0 aliphatic carbocycles. The molecule has 0 N–H and O–H groups in total. The van der Waals surface area contributed by atoms with Crippen LogP contribution >= 0.6 is 33.3 Å². The minimum Gasteiger partial charge on any atom is -0.388 e. The number of halogens is 5. The Labute approximate surface area is 113 Å². The van der Waals surface area contributed by atoms with Crippen LogP contribution in [0.1, 0.15) is 5.56 Å². The van der Waals surface area contributed by atoms with E-state index in [1.165, 1.54) is 6.92 Å². The third-order valence-electron chi connectivity index (χ3n) is 1.54. The molecule has 1 heterocycles. The number of ether oxygens (including phenoxy) is 1. The number of nitrogens with zero attached hydrogens (tertiary/aromatic N) is 1. The lowest BCUT2D eigenvalue weighted by molar-refractivity contribution is -0.276. The summed E-state index contributed by atoms with van der Waals surface area (Å²) in [6.45, 7) is 1.41. The number of hydrogen-bond donors (Lipinski definition) is 0. The zero-order chi connectivity index (χ0) is 13.4. The van der Waals surface area contributed by atoms with Crippen LogP contribution in [0.25, 0.3) is 0 Å². The van der Waals surface area contributed by atoms with Crippen molar-refractivity contribution in [1.82, 2.24) is 4.98 Å². The molecule has 0 aliphatic heterocycles. The van der Waals surface area contributed by atoms with Crippen LogP contribution in [-0.4, -0.2) is 19.8 Å². The molecule has 0 amide bonds. The topological polar surface area (TPSA) is 56.3 Å². The summed E-state index contributed by atoms with van der Waals surface area (Å²) < 4.78 is 61.7. The van der Waals surface area contributed by atoms with Gasteiger partial charge in [0.15, 0.2) is 5.03 Å². The van der Waals surface area contributed by atoms with Crippen LogP contribution in [0.15, 0.2) is 11.1 Å². The van der Waals surface area contributed by atoms with Gasteiger partial charge in [-0.25, -0.2) is 8.42 Å². The number of alkyl halides is 3. The fourth-order valence-corrected chi connectivity index (χ4v) is 3.38.